The Labute approximate surface area is 132 Å². The molecule has 0 saturated heterocycles. The topological polar surface area (TPSA) is 0 Å². The van der Waals surface area contributed by atoms with Gasteiger partial charge in [-0.1, -0.05) is 6.08 Å². The van der Waals surface area contributed by atoms with Gasteiger partial charge in [0, 0.05) is 27.9 Å². The molecule has 82 valence electrons. The van der Waals surface area contributed by atoms with E-state index in [4.69, 9.17) is 0 Å². The maximum Gasteiger partial charge on any atom is 0.0482 e. The van der Waals surface area contributed by atoms with Gasteiger partial charge in [-0.05, 0) is 99.1 Å². The lowest BCUT2D eigenvalue weighted by atomic mass is 10.1. The molecular formula is C10H7Br5. The highest BCUT2D eigenvalue weighted by molar-refractivity contribution is 9.15. The average molecular weight is 527 g/mol. The van der Waals surface area contributed by atoms with E-state index >= 15 is 0 Å². The number of hydrogen-bond acceptors (Lipinski definition) is 0. The van der Waals surface area contributed by atoms with Gasteiger partial charge in [0.15, 0.2) is 0 Å². The molecule has 0 bridgehead atoms. The molecule has 0 saturated carbocycles. The van der Waals surface area contributed by atoms with Crippen LogP contribution in [0.5, 0.6) is 0 Å². The van der Waals surface area contributed by atoms with Crippen molar-refractivity contribution in [3.63, 3.8) is 0 Å². The number of hydrogen-bond donors (Lipinski definition) is 0. The van der Waals surface area contributed by atoms with Crippen LogP contribution in [-0.4, -0.2) is 0 Å². The third-order valence-electron chi connectivity index (χ3n) is 2.04. The van der Waals surface area contributed by atoms with Gasteiger partial charge < -0.3 is 0 Å². The number of allylic oxidation sites excluding steroid dienone is 2. The number of halogens is 5. The highest BCUT2D eigenvalue weighted by atomic mass is 79.9. The molecule has 0 unspecified atom stereocenters. The van der Waals surface area contributed by atoms with Crippen molar-refractivity contribution in [1.29, 1.82) is 0 Å². The Morgan fingerprint density at radius 3 is 1.47 bits per heavy atom. The summed E-state index contributed by atoms with van der Waals surface area (Å²) >= 11 is 17.8. The molecule has 0 aromatic heterocycles. The molecule has 0 heterocycles. The normalized spacial score (nSPS) is 12.1. The first kappa shape index (κ1) is 14.4. The minimum Gasteiger partial charge on any atom is -0.0840 e. The first-order chi connectivity index (χ1) is 6.91. The molecule has 0 aliphatic heterocycles. The van der Waals surface area contributed by atoms with Gasteiger partial charge in [0.1, 0.15) is 0 Å². The van der Waals surface area contributed by atoms with Gasteiger partial charge in [0.05, 0.1) is 0 Å². The fourth-order valence-corrected chi connectivity index (χ4v) is 4.77. The van der Waals surface area contributed by atoms with Gasteiger partial charge in [-0.25, -0.2) is 0 Å². The van der Waals surface area contributed by atoms with Gasteiger partial charge >= 0.3 is 0 Å². The Bertz CT molecular complexity index is 405. The van der Waals surface area contributed by atoms with Crippen LogP contribution < -0.4 is 0 Å². The van der Waals surface area contributed by atoms with Gasteiger partial charge in [-0.3, -0.25) is 0 Å². The summed E-state index contributed by atoms with van der Waals surface area (Å²) in [6.45, 7) is 4.11. The maximum atomic E-state index is 3.59. The summed E-state index contributed by atoms with van der Waals surface area (Å²) in [6.07, 6.45) is 2.08. The second-order valence-corrected chi connectivity index (χ2v) is 6.88. The van der Waals surface area contributed by atoms with E-state index < -0.39 is 0 Å². The smallest absolute Gasteiger partial charge is 0.0482 e. The Morgan fingerprint density at radius 1 is 0.800 bits per heavy atom. The SMILES string of the molecule is CC=C(C)c1c(Br)c(Br)c(Br)c(Br)c1Br. The van der Waals surface area contributed by atoms with Crippen LogP contribution in [0, 0.1) is 0 Å². The molecule has 0 atom stereocenters. The molecule has 15 heavy (non-hydrogen) atoms. The van der Waals surface area contributed by atoms with Crippen molar-refractivity contribution < 1.29 is 0 Å². The average Bonchev–Trinajstić information content (AvgIpc) is 2.23. The fraction of sp³-hybridized carbons (Fsp3) is 0.200. The second kappa shape index (κ2) is 5.80. The molecule has 0 radical (unpaired) electrons. The summed E-state index contributed by atoms with van der Waals surface area (Å²) in [5.74, 6) is 0. The van der Waals surface area contributed by atoms with E-state index in [9.17, 15) is 0 Å². The molecule has 0 amide bonds. The lowest BCUT2D eigenvalue weighted by molar-refractivity contribution is 1.39. The van der Waals surface area contributed by atoms with Gasteiger partial charge in [-0.2, -0.15) is 0 Å². The van der Waals surface area contributed by atoms with E-state index in [1.54, 1.807) is 0 Å². The monoisotopic (exact) mass is 522 g/mol. The molecule has 0 nitrogen and oxygen atoms in total. The van der Waals surface area contributed by atoms with E-state index in [0.29, 0.717) is 0 Å². The third kappa shape index (κ3) is 2.79. The highest BCUT2D eigenvalue weighted by Gasteiger charge is 2.17. The molecule has 0 fully saturated rings. The van der Waals surface area contributed by atoms with Crippen molar-refractivity contribution in [2.24, 2.45) is 0 Å². The van der Waals surface area contributed by atoms with Gasteiger partial charge in [0.25, 0.3) is 0 Å². The molecule has 1 aromatic carbocycles. The fourth-order valence-electron chi connectivity index (χ4n) is 1.10. The Balaban J connectivity index is 3.67. The second-order valence-electron chi connectivity index (χ2n) is 2.92. The van der Waals surface area contributed by atoms with Crippen LogP contribution in [0.25, 0.3) is 5.57 Å². The Kier molecular flexibility index (Phi) is 5.58. The predicted octanol–water partition coefficient (Wildman–Crippen LogP) is 6.92. The van der Waals surface area contributed by atoms with Crippen LogP contribution in [0.15, 0.2) is 28.4 Å². The third-order valence-corrected chi connectivity index (χ3v) is 8.13. The van der Waals surface area contributed by atoms with Crippen LogP contribution in [0.3, 0.4) is 0 Å². The molecule has 0 spiro atoms. The zero-order chi connectivity index (χ0) is 11.7. The van der Waals surface area contributed by atoms with E-state index in [1.807, 2.05) is 6.92 Å². The van der Waals surface area contributed by atoms with Crippen LogP contribution >= 0.6 is 79.6 Å². The van der Waals surface area contributed by atoms with Crippen molar-refractivity contribution >= 4 is 85.2 Å². The Hall–Kier alpha value is 1.36. The zero-order valence-corrected chi connectivity index (χ0v) is 15.9. The molecule has 1 aromatic rings. The lowest BCUT2D eigenvalue weighted by Gasteiger charge is -2.13. The standard InChI is InChI=1S/C10H7Br5/c1-3-4(2)5-6(11)8(13)10(15)9(14)7(5)12/h3H,1-2H3. The van der Waals surface area contributed by atoms with Crippen molar-refractivity contribution in [3.05, 3.63) is 34.0 Å². The van der Waals surface area contributed by atoms with Gasteiger partial charge in [-0.15, -0.1) is 0 Å². The van der Waals surface area contributed by atoms with Crippen LogP contribution in [0.4, 0.5) is 0 Å². The molecule has 5 heteroatoms. The minimum atomic E-state index is 0.994. The van der Waals surface area contributed by atoms with Crippen LogP contribution in [0.1, 0.15) is 19.4 Å². The summed E-state index contributed by atoms with van der Waals surface area (Å²) in [7, 11) is 0. The predicted molar refractivity (Wildman–Crippen MR) is 84.3 cm³/mol. The van der Waals surface area contributed by atoms with Gasteiger partial charge in [0.2, 0.25) is 0 Å². The summed E-state index contributed by atoms with van der Waals surface area (Å²) in [4.78, 5) is 0. The van der Waals surface area contributed by atoms with Crippen LogP contribution in [-0.2, 0) is 0 Å². The van der Waals surface area contributed by atoms with E-state index in [-0.39, 0.29) is 0 Å². The summed E-state index contributed by atoms with van der Waals surface area (Å²) < 4.78 is 5.09. The van der Waals surface area contributed by atoms with Crippen molar-refractivity contribution in [2.45, 2.75) is 13.8 Å². The molecular weight excluding hydrogens is 520 g/mol. The Morgan fingerprint density at radius 2 is 1.13 bits per heavy atom. The zero-order valence-electron chi connectivity index (χ0n) is 7.97. The van der Waals surface area contributed by atoms with E-state index in [0.717, 1.165) is 27.9 Å². The first-order valence-corrected chi connectivity index (χ1v) is 8.03. The van der Waals surface area contributed by atoms with Crippen molar-refractivity contribution in [1.82, 2.24) is 0 Å². The first-order valence-electron chi connectivity index (χ1n) is 4.06. The number of rotatable bonds is 1. The number of benzene rings is 1. The van der Waals surface area contributed by atoms with Crippen LogP contribution in [0.2, 0.25) is 0 Å². The summed E-state index contributed by atoms with van der Waals surface area (Å²) in [5, 5.41) is 0. The van der Waals surface area contributed by atoms with E-state index in [2.05, 4.69) is 92.6 Å². The minimum absolute atomic E-state index is 0.994. The largest absolute Gasteiger partial charge is 0.0840 e. The quantitative estimate of drug-likeness (QED) is 0.275. The highest BCUT2D eigenvalue weighted by Crippen LogP contribution is 2.46. The summed E-state index contributed by atoms with van der Waals surface area (Å²) in [6, 6.07) is 0. The van der Waals surface area contributed by atoms with Crippen molar-refractivity contribution in [3.8, 4) is 0 Å². The molecule has 0 aliphatic carbocycles. The summed E-state index contributed by atoms with van der Waals surface area (Å²) in [5.41, 5.74) is 2.36. The lowest BCUT2D eigenvalue weighted by Crippen LogP contribution is -1.89. The van der Waals surface area contributed by atoms with E-state index in [1.165, 1.54) is 5.57 Å². The van der Waals surface area contributed by atoms with Crippen molar-refractivity contribution in [2.75, 3.05) is 0 Å². The molecule has 0 N–H and O–H groups in total. The molecule has 0 aliphatic rings. The molecule has 1 rings (SSSR count). The maximum absolute atomic E-state index is 3.59.